The van der Waals surface area contributed by atoms with Crippen LogP contribution < -0.4 is 4.74 Å². The molecule has 2 aromatic carbocycles. The van der Waals surface area contributed by atoms with Crippen molar-refractivity contribution in [2.45, 2.75) is 6.92 Å². The third kappa shape index (κ3) is 2.74. The van der Waals surface area contributed by atoms with E-state index >= 15 is 0 Å². The van der Waals surface area contributed by atoms with Crippen LogP contribution in [0.3, 0.4) is 0 Å². The van der Waals surface area contributed by atoms with Crippen LogP contribution in [0.1, 0.15) is 5.56 Å². The normalized spacial score (nSPS) is 9.71. The second kappa shape index (κ2) is 4.86. The Balaban J connectivity index is 2.32. The summed E-state index contributed by atoms with van der Waals surface area (Å²) in [7, 11) is 0. The van der Waals surface area contributed by atoms with Crippen LogP contribution in [-0.4, -0.2) is 0 Å². The lowest BCUT2D eigenvalue weighted by molar-refractivity contribution is 0.485. The van der Waals surface area contributed by atoms with E-state index in [1.165, 1.54) is 0 Å². The van der Waals surface area contributed by atoms with Gasteiger partial charge in [-0.15, -0.1) is 0 Å². The molecule has 17 heavy (non-hydrogen) atoms. The number of benzene rings is 2. The first-order valence-corrected chi connectivity index (χ1v) is 5.46. The van der Waals surface area contributed by atoms with E-state index in [-0.39, 0.29) is 0 Å². The Morgan fingerprint density at radius 2 is 1.82 bits per heavy atom. The van der Waals surface area contributed by atoms with Crippen molar-refractivity contribution in [3.8, 4) is 11.5 Å². The largest absolute Gasteiger partial charge is 0.449 e. The Kier molecular flexibility index (Phi) is 3.27. The summed E-state index contributed by atoms with van der Waals surface area (Å²) in [6, 6.07) is 12.4. The first-order chi connectivity index (χ1) is 8.19. The number of hydrogen-bond donors (Lipinski definition) is 0. The average Bonchev–Trinajstić information content (AvgIpc) is 2.32. The summed E-state index contributed by atoms with van der Waals surface area (Å²) >= 11 is 5.86. The minimum Gasteiger partial charge on any atom is -0.449 e. The number of rotatable bonds is 2. The Labute approximate surface area is 104 Å². The molecule has 4 heteroatoms. The van der Waals surface area contributed by atoms with Crippen LogP contribution in [0.2, 0.25) is 5.02 Å². The molecule has 84 valence electrons. The number of nitrogens with zero attached hydrogens (tertiary/aromatic N) is 2. The highest BCUT2D eigenvalue weighted by Gasteiger charge is 2.15. The van der Waals surface area contributed by atoms with Crippen molar-refractivity contribution in [1.82, 2.24) is 0 Å². The molecule has 0 N–H and O–H groups in total. The standard InChI is InChI=1S/C13H10ClN2O/c1-9-2-5-11(6-3-9)17-13-8-10(14)4-7-12(13)16-15/h2-8H,1H3/q+1. The predicted octanol–water partition coefficient (Wildman–Crippen LogP) is 4.93. The van der Waals surface area contributed by atoms with Gasteiger partial charge in [-0.3, -0.25) is 0 Å². The quantitative estimate of drug-likeness (QED) is 0.704. The van der Waals surface area contributed by atoms with Gasteiger partial charge in [-0.1, -0.05) is 29.3 Å². The highest BCUT2D eigenvalue weighted by atomic mass is 35.5. The second-order valence-corrected chi connectivity index (χ2v) is 4.06. The van der Waals surface area contributed by atoms with E-state index in [1.54, 1.807) is 18.2 Å². The minimum absolute atomic E-state index is 0.343. The zero-order valence-corrected chi connectivity index (χ0v) is 9.98. The van der Waals surface area contributed by atoms with Gasteiger partial charge in [0.1, 0.15) is 5.75 Å². The third-order valence-corrected chi connectivity index (χ3v) is 2.51. The van der Waals surface area contributed by atoms with Crippen LogP contribution in [0.25, 0.3) is 4.98 Å². The molecule has 0 spiro atoms. The molecule has 0 bridgehead atoms. The molecular formula is C13H10ClN2O+. The monoisotopic (exact) mass is 245 g/mol. The van der Waals surface area contributed by atoms with Gasteiger partial charge in [0.2, 0.25) is 11.1 Å². The lowest BCUT2D eigenvalue weighted by Gasteiger charge is -2.03. The van der Waals surface area contributed by atoms with Crippen LogP contribution in [0.5, 0.6) is 11.5 Å². The number of aryl methyl sites for hydroxylation is 1. The smallest absolute Gasteiger partial charge is 0.427 e. The summed E-state index contributed by atoms with van der Waals surface area (Å²) in [4.78, 5) is 3.14. The molecule has 0 amide bonds. The van der Waals surface area contributed by atoms with Gasteiger partial charge in [0, 0.05) is 17.2 Å². The Hall–Kier alpha value is -2.05. The van der Waals surface area contributed by atoms with E-state index in [0.29, 0.717) is 22.2 Å². The van der Waals surface area contributed by atoms with Crippen molar-refractivity contribution < 1.29 is 4.74 Å². The van der Waals surface area contributed by atoms with Crippen molar-refractivity contribution in [2.24, 2.45) is 0 Å². The van der Waals surface area contributed by atoms with E-state index in [0.717, 1.165) is 5.56 Å². The molecule has 0 saturated carbocycles. The minimum atomic E-state index is 0.343. The predicted molar refractivity (Wildman–Crippen MR) is 67.4 cm³/mol. The molecule has 0 aromatic heterocycles. The lowest BCUT2D eigenvalue weighted by atomic mass is 10.2. The molecule has 0 heterocycles. The van der Waals surface area contributed by atoms with Crippen molar-refractivity contribution in [2.75, 3.05) is 0 Å². The maximum atomic E-state index is 8.83. The van der Waals surface area contributed by atoms with Crippen molar-refractivity contribution in [3.05, 3.63) is 58.0 Å². The summed E-state index contributed by atoms with van der Waals surface area (Å²) in [6.45, 7) is 2.00. The van der Waals surface area contributed by atoms with Gasteiger partial charge in [-0.2, -0.15) is 0 Å². The third-order valence-electron chi connectivity index (χ3n) is 2.28. The first kappa shape index (κ1) is 11.4. The van der Waals surface area contributed by atoms with E-state index < -0.39 is 0 Å². The average molecular weight is 246 g/mol. The van der Waals surface area contributed by atoms with Gasteiger partial charge >= 0.3 is 5.69 Å². The number of hydrogen-bond acceptors (Lipinski definition) is 2. The fourth-order valence-electron chi connectivity index (χ4n) is 1.39. The molecule has 3 nitrogen and oxygen atoms in total. The first-order valence-electron chi connectivity index (χ1n) is 5.08. The fourth-order valence-corrected chi connectivity index (χ4v) is 1.55. The summed E-state index contributed by atoms with van der Waals surface area (Å²) in [5, 5.41) is 9.36. The molecule has 0 saturated heterocycles. The summed E-state index contributed by atoms with van der Waals surface area (Å²) in [5.74, 6) is 1.09. The van der Waals surface area contributed by atoms with Crippen LogP contribution in [0, 0.1) is 12.3 Å². The highest BCUT2D eigenvalue weighted by Crippen LogP contribution is 2.34. The van der Waals surface area contributed by atoms with Crippen molar-refractivity contribution >= 4 is 17.3 Å². The van der Waals surface area contributed by atoms with Gasteiger partial charge in [0.15, 0.2) is 4.98 Å². The van der Waals surface area contributed by atoms with E-state index in [1.807, 2.05) is 31.2 Å². The molecular weight excluding hydrogens is 236 g/mol. The molecule has 0 aliphatic carbocycles. The molecule has 0 aliphatic heterocycles. The van der Waals surface area contributed by atoms with E-state index in [9.17, 15) is 0 Å². The number of halogens is 1. The zero-order valence-electron chi connectivity index (χ0n) is 9.22. The fraction of sp³-hybridized carbons (Fsp3) is 0.0769. The molecule has 0 unspecified atom stereocenters. The lowest BCUT2D eigenvalue weighted by Crippen LogP contribution is -1.84. The molecule has 2 rings (SSSR count). The Morgan fingerprint density at radius 1 is 1.12 bits per heavy atom. The maximum absolute atomic E-state index is 8.83. The molecule has 0 radical (unpaired) electrons. The van der Waals surface area contributed by atoms with Crippen LogP contribution >= 0.6 is 11.6 Å². The van der Waals surface area contributed by atoms with Gasteiger partial charge in [-0.25, -0.2) is 0 Å². The van der Waals surface area contributed by atoms with Crippen molar-refractivity contribution in [1.29, 1.82) is 5.39 Å². The van der Waals surface area contributed by atoms with E-state index in [4.69, 9.17) is 21.7 Å². The van der Waals surface area contributed by atoms with Gasteiger partial charge in [0.25, 0.3) is 0 Å². The maximum Gasteiger partial charge on any atom is 0.427 e. The summed E-state index contributed by atoms with van der Waals surface area (Å²) in [6.07, 6.45) is 0. The number of ether oxygens (including phenoxy) is 1. The van der Waals surface area contributed by atoms with Crippen LogP contribution in [0.4, 0.5) is 5.69 Å². The zero-order chi connectivity index (χ0) is 12.3. The van der Waals surface area contributed by atoms with Gasteiger partial charge in [-0.05, 0) is 25.1 Å². The van der Waals surface area contributed by atoms with Gasteiger partial charge in [0.05, 0.1) is 0 Å². The van der Waals surface area contributed by atoms with Crippen LogP contribution in [0.15, 0.2) is 42.5 Å². The number of diazo groups is 1. The summed E-state index contributed by atoms with van der Waals surface area (Å²) in [5.41, 5.74) is 1.49. The molecule has 2 aromatic rings. The molecule has 0 atom stereocenters. The second-order valence-electron chi connectivity index (χ2n) is 3.63. The Bertz CT molecular complexity index is 573. The van der Waals surface area contributed by atoms with Crippen molar-refractivity contribution in [3.63, 3.8) is 0 Å². The topological polar surface area (TPSA) is 37.4 Å². The Morgan fingerprint density at radius 3 is 2.47 bits per heavy atom. The molecule has 0 fully saturated rings. The summed E-state index contributed by atoms with van der Waals surface area (Å²) < 4.78 is 5.60. The molecule has 0 aliphatic rings. The SMILES string of the molecule is Cc1ccc(Oc2cc(Cl)ccc2[N+]#N)cc1. The highest BCUT2D eigenvalue weighted by molar-refractivity contribution is 6.30. The van der Waals surface area contributed by atoms with Crippen LogP contribution in [-0.2, 0) is 0 Å². The van der Waals surface area contributed by atoms with E-state index in [2.05, 4.69) is 4.98 Å². The van der Waals surface area contributed by atoms with Gasteiger partial charge < -0.3 is 4.74 Å².